The minimum absolute atomic E-state index is 0.0961. The first-order valence-electron chi connectivity index (χ1n) is 7.10. The van der Waals surface area contributed by atoms with E-state index >= 15 is 0 Å². The van der Waals surface area contributed by atoms with Gasteiger partial charge in [0.05, 0.1) is 6.04 Å². The Kier molecular flexibility index (Phi) is 6.60. The number of nitrogens with one attached hydrogen (secondary N) is 2. The summed E-state index contributed by atoms with van der Waals surface area (Å²) in [6.07, 6.45) is 1.97. The van der Waals surface area contributed by atoms with E-state index in [0.29, 0.717) is 12.6 Å². The number of hydrogen-bond acceptors (Lipinski definition) is 4. The van der Waals surface area contributed by atoms with Crippen LogP contribution >= 0.6 is 0 Å². The van der Waals surface area contributed by atoms with Crippen LogP contribution in [0.1, 0.15) is 33.6 Å². The number of carbonyl (C=O) groups excluding carboxylic acids is 1. The molecule has 0 radical (unpaired) electrons. The highest BCUT2D eigenvalue weighted by Crippen LogP contribution is 2.09. The third-order valence-electron chi connectivity index (χ3n) is 3.88. The van der Waals surface area contributed by atoms with Crippen molar-refractivity contribution in [3.05, 3.63) is 0 Å². The van der Waals surface area contributed by atoms with Crippen LogP contribution in [0.4, 0.5) is 0 Å². The van der Waals surface area contributed by atoms with Crippen molar-refractivity contribution in [2.24, 2.45) is 5.73 Å². The van der Waals surface area contributed by atoms with Crippen LogP contribution in [-0.4, -0.2) is 55.1 Å². The summed E-state index contributed by atoms with van der Waals surface area (Å²) in [5.74, 6) is 0.129. The number of piperazine rings is 1. The molecule has 5 heteroatoms. The molecule has 0 saturated carbocycles. The average molecular weight is 256 g/mol. The standard InChI is InChI=1S/C13H28N4O/c1-4-11(5-2)16-13(18)10(3)17-7-6-15-9-12(17)8-14/h10-12,15H,4-9,14H2,1-3H3,(H,16,18). The third kappa shape index (κ3) is 3.93. The van der Waals surface area contributed by atoms with Crippen molar-refractivity contribution in [2.75, 3.05) is 26.2 Å². The first-order chi connectivity index (χ1) is 8.63. The van der Waals surface area contributed by atoms with E-state index in [-0.39, 0.29) is 18.0 Å². The van der Waals surface area contributed by atoms with Crippen molar-refractivity contribution < 1.29 is 4.79 Å². The van der Waals surface area contributed by atoms with E-state index in [1.807, 2.05) is 6.92 Å². The van der Waals surface area contributed by atoms with Crippen LogP contribution in [0.3, 0.4) is 0 Å². The fourth-order valence-corrected chi connectivity index (χ4v) is 2.47. The molecule has 0 spiro atoms. The lowest BCUT2D eigenvalue weighted by atomic mass is 10.1. The number of nitrogens with zero attached hydrogens (tertiary/aromatic N) is 1. The van der Waals surface area contributed by atoms with Gasteiger partial charge in [0, 0.05) is 38.3 Å². The highest BCUT2D eigenvalue weighted by Gasteiger charge is 2.29. The van der Waals surface area contributed by atoms with Crippen molar-refractivity contribution in [3.8, 4) is 0 Å². The topological polar surface area (TPSA) is 70.4 Å². The Hall–Kier alpha value is -0.650. The first-order valence-corrected chi connectivity index (χ1v) is 7.10. The van der Waals surface area contributed by atoms with Crippen LogP contribution in [0.25, 0.3) is 0 Å². The molecule has 1 aliphatic rings. The van der Waals surface area contributed by atoms with E-state index in [9.17, 15) is 4.79 Å². The van der Waals surface area contributed by atoms with Crippen molar-refractivity contribution in [2.45, 2.75) is 51.7 Å². The molecule has 2 atom stereocenters. The highest BCUT2D eigenvalue weighted by atomic mass is 16.2. The van der Waals surface area contributed by atoms with Gasteiger partial charge in [0.2, 0.25) is 5.91 Å². The van der Waals surface area contributed by atoms with Gasteiger partial charge in [0.25, 0.3) is 0 Å². The molecule has 1 rings (SSSR count). The number of amides is 1. The van der Waals surface area contributed by atoms with E-state index in [1.165, 1.54) is 0 Å². The van der Waals surface area contributed by atoms with Crippen LogP contribution in [0, 0.1) is 0 Å². The van der Waals surface area contributed by atoms with Gasteiger partial charge >= 0.3 is 0 Å². The largest absolute Gasteiger partial charge is 0.352 e. The Labute approximate surface area is 110 Å². The number of nitrogens with two attached hydrogens (primary N) is 1. The van der Waals surface area contributed by atoms with Gasteiger partial charge in [-0.3, -0.25) is 9.69 Å². The summed E-state index contributed by atoms with van der Waals surface area (Å²) in [6.45, 7) is 9.47. The zero-order valence-electron chi connectivity index (χ0n) is 11.9. The van der Waals surface area contributed by atoms with E-state index in [0.717, 1.165) is 32.5 Å². The maximum Gasteiger partial charge on any atom is 0.237 e. The van der Waals surface area contributed by atoms with Crippen molar-refractivity contribution >= 4 is 5.91 Å². The van der Waals surface area contributed by atoms with Gasteiger partial charge in [0.1, 0.15) is 0 Å². The van der Waals surface area contributed by atoms with Gasteiger partial charge in [-0.1, -0.05) is 13.8 Å². The summed E-state index contributed by atoms with van der Waals surface area (Å²) in [4.78, 5) is 14.4. The Morgan fingerprint density at radius 3 is 2.72 bits per heavy atom. The third-order valence-corrected chi connectivity index (χ3v) is 3.88. The molecule has 0 bridgehead atoms. The second-order valence-corrected chi connectivity index (χ2v) is 5.03. The lowest BCUT2D eigenvalue weighted by molar-refractivity contribution is -0.127. The first kappa shape index (κ1) is 15.4. The van der Waals surface area contributed by atoms with Gasteiger partial charge in [-0.15, -0.1) is 0 Å². The van der Waals surface area contributed by atoms with Crippen molar-refractivity contribution in [3.63, 3.8) is 0 Å². The fraction of sp³-hybridized carbons (Fsp3) is 0.923. The monoisotopic (exact) mass is 256 g/mol. The minimum Gasteiger partial charge on any atom is -0.352 e. The summed E-state index contributed by atoms with van der Waals surface area (Å²) < 4.78 is 0. The molecule has 0 aromatic rings. The van der Waals surface area contributed by atoms with Gasteiger partial charge in [-0.05, 0) is 19.8 Å². The van der Waals surface area contributed by atoms with E-state index in [1.54, 1.807) is 0 Å². The van der Waals surface area contributed by atoms with Gasteiger partial charge in [0.15, 0.2) is 0 Å². The number of rotatable bonds is 6. The second-order valence-electron chi connectivity index (χ2n) is 5.03. The van der Waals surface area contributed by atoms with Crippen LogP contribution in [0.15, 0.2) is 0 Å². The molecule has 0 aromatic heterocycles. The van der Waals surface area contributed by atoms with Crippen molar-refractivity contribution in [1.82, 2.24) is 15.5 Å². The fourth-order valence-electron chi connectivity index (χ4n) is 2.47. The summed E-state index contributed by atoms with van der Waals surface area (Å²) in [5.41, 5.74) is 5.77. The SMILES string of the molecule is CCC(CC)NC(=O)C(C)N1CCNCC1CN. The van der Waals surface area contributed by atoms with E-state index < -0.39 is 0 Å². The second kappa shape index (κ2) is 7.71. The van der Waals surface area contributed by atoms with Gasteiger partial charge in [-0.2, -0.15) is 0 Å². The molecule has 106 valence electrons. The normalized spacial score (nSPS) is 23.1. The summed E-state index contributed by atoms with van der Waals surface area (Å²) in [7, 11) is 0. The molecule has 4 N–H and O–H groups in total. The molecule has 1 aliphatic heterocycles. The van der Waals surface area contributed by atoms with Crippen LogP contribution in [0.2, 0.25) is 0 Å². The molecular weight excluding hydrogens is 228 g/mol. The van der Waals surface area contributed by atoms with E-state index in [4.69, 9.17) is 5.73 Å². The smallest absolute Gasteiger partial charge is 0.237 e. The molecule has 2 unspecified atom stereocenters. The van der Waals surface area contributed by atoms with Crippen LogP contribution < -0.4 is 16.4 Å². The number of hydrogen-bond donors (Lipinski definition) is 3. The Balaban J connectivity index is 2.55. The molecule has 1 amide bonds. The zero-order valence-corrected chi connectivity index (χ0v) is 11.9. The lowest BCUT2D eigenvalue weighted by Crippen LogP contribution is -2.60. The van der Waals surface area contributed by atoms with E-state index in [2.05, 4.69) is 29.4 Å². The minimum atomic E-state index is -0.0961. The molecule has 1 fully saturated rings. The quantitative estimate of drug-likeness (QED) is 0.621. The molecule has 18 heavy (non-hydrogen) atoms. The molecule has 5 nitrogen and oxygen atoms in total. The Bertz CT molecular complexity index is 255. The molecule has 1 heterocycles. The summed E-state index contributed by atoms with van der Waals surface area (Å²) in [6, 6.07) is 0.460. The maximum atomic E-state index is 12.2. The predicted octanol–water partition coefficient (Wildman–Crippen LogP) is -0.0878. The Morgan fingerprint density at radius 1 is 1.50 bits per heavy atom. The molecule has 0 aliphatic carbocycles. The Morgan fingerprint density at radius 2 is 2.17 bits per heavy atom. The highest BCUT2D eigenvalue weighted by molar-refractivity contribution is 5.81. The predicted molar refractivity (Wildman–Crippen MR) is 74.4 cm³/mol. The molecule has 0 aromatic carbocycles. The average Bonchev–Trinajstić information content (AvgIpc) is 2.43. The summed E-state index contributed by atoms with van der Waals surface area (Å²) in [5, 5.41) is 6.44. The zero-order chi connectivity index (χ0) is 13.5. The molecular formula is C13H28N4O. The number of carbonyl (C=O) groups is 1. The maximum absolute atomic E-state index is 12.2. The van der Waals surface area contributed by atoms with Crippen LogP contribution in [-0.2, 0) is 4.79 Å². The van der Waals surface area contributed by atoms with Crippen molar-refractivity contribution in [1.29, 1.82) is 0 Å². The van der Waals surface area contributed by atoms with Crippen LogP contribution in [0.5, 0.6) is 0 Å². The van der Waals surface area contributed by atoms with Gasteiger partial charge in [-0.25, -0.2) is 0 Å². The lowest BCUT2D eigenvalue weighted by Gasteiger charge is -2.39. The summed E-state index contributed by atoms with van der Waals surface area (Å²) >= 11 is 0. The van der Waals surface area contributed by atoms with Gasteiger partial charge < -0.3 is 16.4 Å². The molecule has 1 saturated heterocycles.